The van der Waals surface area contributed by atoms with Gasteiger partial charge in [-0.05, 0) is 47.2 Å². The van der Waals surface area contributed by atoms with Crippen molar-refractivity contribution in [3.63, 3.8) is 0 Å². The van der Waals surface area contributed by atoms with Crippen LogP contribution < -0.4 is 16.0 Å². The minimum absolute atomic E-state index is 0.0708. The Kier molecular flexibility index (Phi) is 9.99. The van der Waals surface area contributed by atoms with Gasteiger partial charge in [0.15, 0.2) is 5.11 Å². The molecule has 2 aromatic carbocycles. The van der Waals surface area contributed by atoms with E-state index in [1.54, 1.807) is 0 Å². The number of para-hydroxylation sites is 1. The number of carbonyl (C=O) groups is 1. The average molecular weight is 440 g/mol. The number of carbonyl (C=O) groups excluding carboxylic acids is 1. The van der Waals surface area contributed by atoms with Gasteiger partial charge in [-0.2, -0.15) is 0 Å². The molecule has 0 aliphatic heterocycles. The lowest BCUT2D eigenvalue weighted by atomic mass is 9.92. The van der Waals surface area contributed by atoms with Gasteiger partial charge in [0.25, 0.3) is 0 Å². The van der Waals surface area contributed by atoms with E-state index in [0.29, 0.717) is 23.4 Å². The highest BCUT2D eigenvalue weighted by atomic mass is 32.1. The molecule has 0 radical (unpaired) electrons. The summed E-state index contributed by atoms with van der Waals surface area (Å²) in [6.07, 6.45) is 2.69. The van der Waals surface area contributed by atoms with Crippen molar-refractivity contribution < 1.29 is 4.79 Å². The van der Waals surface area contributed by atoms with E-state index in [2.05, 4.69) is 68.8 Å². The largest absolute Gasteiger partial charge is 0.363 e. The smallest absolute Gasteiger partial charge is 0.247 e. The van der Waals surface area contributed by atoms with Gasteiger partial charge in [-0.1, -0.05) is 89.6 Å². The third-order valence-electron chi connectivity index (χ3n) is 5.34. The van der Waals surface area contributed by atoms with Crippen molar-refractivity contribution in [1.29, 1.82) is 0 Å². The predicted octanol–water partition coefficient (Wildman–Crippen LogP) is 5.75. The molecule has 3 N–H and O–H groups in total. The van der Waals surface area contributed by atoms with Gasteiger partial charge in [0.05, 0.1) is 0 Å². The molecule has 0 bridgehead atoms. The second kappa shape index (κ2) is 12.5. The maximum absolute atomic E-state index is 13.5. The Labute approximate surface area is 193 Å². The van der Waals surface area contributed by atoms with Gasteiger partial charge >= 0.3 is 0 Å². The SMILES string of the molecule is CCCCNC(=S)N[C@@H](Cc1ccccc1)C(=O)Nc1c(C(C)C)cccc1C(C)C. The number of thiocarbonyl (C=S) groups is 1. The monoisotopic (exact) mass is 439 g/mol. The molecule has 0 heterocycles. The van der Waals surface area contributed by atoms with Crippen LogP contribution in [0, 0.1) is 0 Å². The second-order valence-corrected chi connectivity index (χ2v) is 9.01. The summed E-state index contributed by atoms with van der Waals surface area (Å²) in [6, 6.07) is 15.9. The molecule has 2 aromatic rings. The van der Waals surface area contributed by atoms with Crippen molar-refractivity contribution in [2.75, 3.05) is 11.9 Å². The average Bonchev–Trinajstić information content (AvgIpc) is 2.74. The van der Waals surface area contributed by atoms with Crippen LogP contribution in [-0.2, 0) is 11.2 Å². The van der Waals surface area contributed by atoms with Crippen molar-refractivity contribution in [2.24, 2.45) is 0 Å². The lowest BCUT2D eigenvalue weighted by Gasteiger charge is -2.24. The highest BCUT2D eigenvalue weighted by Crippen LogP contribution is 2.32. The molecule has 0 saturated carbocycles. The van der Waals surface area contributed by atoms with E-state index < -0.39 is 6.04 Å². The van der Waals surface area contributed by atoms with Gasteiger partial charge in [0.2, 0.25) is 5.91 Å². The molecule has 0 aliphatic carbocycles. The molecule has 1 amide bonds. The highest BCUT2D eigenvalue weighted by Gasteiger charge is 2.23. The fourth-order valence-electron chi connectivity index (χ4n) is 3.55. The molecule has 0 fully saturated rings. The Morgan fingerprint density at radius 3 is 2.10 bits per heavy atom. The molecule has 168 valence electrons. The zero-order valence-electron chi connectivity index (χ0n) is 19.5. The maximum atomic E-state index is 13.5. The van der Waals surface area contributed by atoms with Crippen LogP contribution in [0.25, 0.3) is 0 Å². The zero-order valence-corrected chi connectivity index (χ0v) is 20.3. The molecule has 2 rings (SSSR count). The first kappa shape index (κ1) is 24.9. The van der Waals surface area contributed by atoms with Crippen LogP contribution in [0.4, 0.5) is 5.69 Å². The number of anilines is 1. The Bertz CT molecular complexity index is 823. The molecule has 0 unspecified atom stereocenters. The zero-order chi connectivity index (χ0) is 22.8. The summed E-state index contributed by atoms with van der Waals surface area (Å²) in [4.78, 5) is 13.5. The van der Waals surface area contributed by atoms with Gasteiger partial charge in [-0.15, -0.1) is 0 Å². The van der Waals surface area contributed by atoms with Crippen molar-refractivity contribution in [1.82, 2.24) is 10.6 Å². The standard InChI is InChI=1S/C26H37N3OS/c1-6-7-16-27-26(31)28-23(17-20-12-9-8-10-13-20)25(30)29-24-21(18(2)3)14-11-15-22(24)19(4)5/h8-15,18-19,23H,6-7,16-17H2,1-5H3,(H,29,30)(H2,27,28,31)/t23-/m0/s1. The lowest BCUT2D eigenvalue weighted by molar-refractivity contribution is -0.117. The van der Waals surface area contributed by atoms with Crippen LogP contribution >= 0.6 is 12.2 Å². The molecular formula is C26H37N3OS. The Balaban J connectivity index is 2.27. The summed E-state index contributed by atoms with van der Waals surface area (Å²) in [5.74, 6) is 0.552. The Morgan fingerprint density at radius 1 is 0.935 bits per heavy atom. The van der Waals surface area contributed by atoms with E-state index in [-0.39, 0.29) is 5.91 Å². The first-order valence-corrected chi connectivity index (χ1v) is 11.8. The number of hydrogen-bond donors (Lipinski definition) is 3. The summed E-state index contributed by atoms with van der Waals surface area (Å²) < 4.78 is 0. The van der Waals surface area contributed by atoms with Crippen LogP contribution in [0.2, 0.25) is 0 Å². The van der Waals surface area contributed by atoms with E-state index in [0.717, 1.165) is 41.8 Å². The molecule has 0 aromatic heterocycles. The number of unbranched alkanes of at least 4 members (excludes halogenated alkanes) is 1. The third kappa shape index (κ3) is 7.66. The van der Waals surface area contributed by atoms with Crippen molar-refractivity contribution >= 4 is 28.9 Å². The first-order valence-electron chi connectivity index (χ1n) is 11.3. The minimum Gasteiger partial charge on any atom is -0.363 e. The summed E-state index contributed by atoms with van der Waals surface area (Å²) in [7, 11) is 0. The van der Waals surface area contributed by atoms with Gasteiger partial charge in [-0.3, -0.25) is 4.79 Å². The molecule has 0 spiro atoms. The lowest BCUT2D eigenvalue weighted by Crippen LogP contribution is -2.49. The molecule has 0 aliphatic rings. The van der Waals surface area contributed by atoms with E-state index in [9.17, 15) is 4.79 Å². The summed E-state index contributed by atoms with van der Waals surface area (Å²) >= 11 is 5.48. The molecule has 31 heavy (non-hydrogen) atoms. The fraction of sp³-hybridized carbons (Fsp3) is 0.462. The topological polar surface area (TPSA) is 53.2 Å². The third-order valence-corrected chi connectivity index (χ3v) is 5.60. The highest BCUT2D eigenvalue weighted by molar-refractivity contribution is 7.80. The van der Waals surface area contributed by atoms with E-state index >= 15 is 0 Å². The summed E-state index contributed by atoms with van der Waals surface area (Å²) in [6.45, 7) is 11.6. The van der Waals surface area contributed by atoms with Gasteiger partial charge < -0.3 is 16.0 Å². The number of hydrogen-bond acceptors (Lipinski definition) is 2. The molecule has 4 nitrogen and oxygen atoms in total. The van der Waals surface area contributed by atoms with Gasteiger partial charge in [0.1, 0.15) is 6.04 Å². The minimum atomic E-state index is -0.468. The van der Waals surface area contributed by atoms with Gasteiger partial charge in [-0.25, -0.2) is 0 Å². The molecule has 5 heteroatoms. The van der Waals surface area contributed by atoms with E-state index in [4.69, 9.17) is 12.2 Å². The van der Waals surface area contributed by atoms with Crippen molar-refractivity contribution in [3.05, 3.63) is 65.2 Å². The number of nitrogens with one attached hydrogen (secondary N) is 3. The number of rotatable bonds is 10. The maximum Gasteiger partial charge on any atom is 0.247 e. The Hall–Kier alpha value is -2.40. The number of benzene rings is 2. The second-order valence-electron chi connectivity index (χ2n) is 8.61. The van der Waals surface area contributed by atoms with E-state index in [1.165, 1.54) is 0 Å². The van der Waals surface area contributed by atoms with Crippen LogP contribution in [-0.4, -0.2) is 23.6 Å². The van der Waals surface area contributed by atoms with Crippen LogP contribution in [0.15, 0.2) is 48.5 Å². The summed E-state index contributed by atoms with van der Waals surface area (Å²) in [5, 5.41) is 10.2. The van der Waals surface area contributed by atoms with Crippen LogP contribution in [0.3, 0.4) is 0 Å². The fourth-order valence-corrected chi connectivity index (χ4v) is 3.80. The normalized spacial score (nSPS) is 12.0. The predicted molar refractivity (Wildman–Crippen MR) is 136 cm³/mol. The molecular weight excluding hydrogens is 402 g/mol. The van der Waals surface area contributed by atoms with Gasteiger partial charge in [0, 0.05) is 18.7 Å². The molecule has 1 atom stereocenters. The number of amides is 1. The van der Waals surface area contributed by atoms with E-state index in [1.807, 2.05) is 30.3 Å². The van der Waals surface area contributed by atoms with Crippen molar-refractivity contribution in [3.8, 4) is 0 Å². The molecule has 0 saturated heterocycles. The van der Waals surface area contributed by atoms with Crippen LogP contribution in [0.5, 0.6) is 0 Å². The first-order chi connectivity index (χ1) is 14.8. The summed E-state index contributed by atoms with van der Waals surface area (Å²) in [5.41, 5.74) is 4.33. The quantitative estimate of drug-likeness (QED) is 0.326. The van der Waals surface area contributed by atoms with Crippen molar-refractivity contribution in [2.45, 2.75) is 71.8 Å². The Morgan fingerprint density at radius 2 is 1.55 bits per heavy atom. The van der Waals surface area contributed by atoms with Crippen LogP contribution in [0.1, 0.15) is 76.0 Å².